The fourth-order valence-corrected chi connectivity index (χ4v) is 3.66. The van der Waals surface area contributed by atoms with Crippen LogP contribution in [0.15, 0.2) is 42.6 Å². The lowest BCUT2D eigenvalue weighted by atomic mass is 10.2. The topological polar surface area (TPSA) is 68.0 Å². The highest BCUT2D eigenvalue weighted by molar-refractivity contribution is 7.18. The fraction of sp³-hybridized carbons (Fsp3) is 0.0667. The SMILES string of the molecule is Nc1ccc(-c2ncc(CNC(=O)c3ccc(Cl)s3)s2)cc1. The van der Waals surface area contributed by atoms with Crippen LogP contribution >= 0.6 is 34.3 Å². The van der Waals surface area contributed by atoms with Crippen molar-refractivity contribution in [3.8, 4) is 10.6 Å². The van der Waals surface area contributed by atoms with Crippen molar-refractivity contribution in [1.29, 1.82) is 0 Å². The predicted octanol–water partition coefficient (Wildman–Crippen LogP) is 4.04. The Bertz CT molecular complexity index is 795. The van der Waals surface area contributed by atoms with E-state index >= 15 is 0 Å². The molecule has 0 atom stereocenters. The van der Waals surface area contributed by atoms with Crippen LogP contribution in [0.3, 0.4) is 0 Å². The zero-order chi connectivity index (χ0) is 15.5. The third-order valence-electron chi connectivity index (χ3n) is 2.93. The Morgan fingerprint density at radius 2 is 1.95 bits per heavy atom. The molecule has 0 spiro atoms. The number of nitrogens with zero attached hydrogens (tertiary/aromatic N) is 1. The number of benzene rings is 1. The van der Waals surface area contributed by atoms with Gasteiger partial charge in [-0.3, -0.25) is 4.79 Å². The van der Waals surface area contributed by atoms with Gasteiger partial charge in [-0.25, -0.2) is 4.98 Å². The first-order chi connectivity index (χ1) is 10.6. The Morgan fingerprint density at radius 1 is 1.18 bits per heavy atom. The number of nitrogens with one attached hydrogen (secondary N) is 1. The standard InChI is InChI=1S/C15H12ClN3OS2/c16-13-6-5-12(22-13)14(20)18-7-11-8-19-15(21-11)9-1-3-10(17)4-2-9/h1-6,8H,7,17H2,(H,18,20). The number of rotatable bonds is 4. The number of aromatic nitrogens is 1. The van der Waals surface area contributed by atoms with E-state index in [1.165, 1.54) is 11.3 Å². The molecule has 3 rings (SSSR count). The zero-order valence-corrected chi connectivity index (χ0v) is 13.8. The second-order valence-electron chi connectivity index (χ2n) is 4.54. The van der Waals surface area contributed by atoms with Crippen molar-refractivity contribution < 1.29 is 4.79 Å². The molecule has 0 aliphatic rings. The van der Waals surface area contributed by atoms with Crippen LogP contribution in [0.2, 0.25) is 4.34 Å². The predicted molar refractivity (Wildman–Crippen MR) is 92.5 cm³/mol. The summed E-state index contributed by atoms with van der Waals surface area (Å²) in [5.41, 5.74) is 7.42. The molecule has 1 amide bonds. The molecule has 0 saturated carbocycles. The molecule has 112 valence electrons. The number of hydrogen-bond donors (Lipinski definition) is 2. The normalized spacial score (nSPS) is 10.6. The van der Waals surface area contributed by atoms with Crippen LogP contribution in [-0.2, 0) is 6.54 Å². The summed E-state index contributed by atoms with van der Waals surface area (Å²) in [6, 6.07) is 11.0. The monoisotopic (exact) mass is 349 g/mol. The summed E-state index contributed by atoms with van der Waals surface area (Å²) in [5, 5.41) is 3.77. The van der Waals surface area contributed by atoms with Crippen molar-refractivity contribution in [2.75, 3.05) is 5.73 Å². The van der Waals surface area contributed by atoms with Gasteiger partial charge in [-0.15, -0.1) is 22.7 Å². The Labute approximate surface area is 140 Å². The maximum absolute atomic E-state index is 12.0. The second-order valence-corrected chi connectivity index (χ2v) is 7.37. The van der Waals surface area contributed by atoms with Gasteiger partial charge in [0.15, 0.2) is 0 Å². The number of nitrogens with two attached hydrogens (primary N) is 1. The van der Waals surface area contributed by atoms with Crippen LogP contribution < -0.4 is 11.1 Å². The summed E-state index contributed by atoms with van der Waals surface area (Å²) < 4.78 is 0.605. The molecule has 0 fully saturated rings. The number of carbonyl (C=O) groups excluding carboxylic acids is 1. The molecule has 0 aliphatic heterocycles. The number of carbonyl (C=O) groups is 1. The summed E-state index contributed by atoms with van der Waals surface area (Å²) in [5.74, 6) is -0.126. The highest BCUT2D eigenvalue weighted by atomic mass is 35.5. The Balaban J connectivity index is 1.64. The van der Waals surface area contributed by atoms with Crippen molar-refractivity contribution in [2.24, 2.45) is 0 Å². The van der Waals surface area contributed by atoms with Crippen LogP contribution in [-0.4, -0.2) is 10.9 Å². The third kappa shape index (κ3) is 3.47. The molecule has 2 heterocycles. The van der Waals surface area contributed by atoms with Gasteiger partial charge >= 0.3 is 0 Å². The summed E-state index contributed by atoms with van der Waals surface area (Å²) in [6.45, 7) is 0.445. The van der Waals surface area contributed by atoms with Gasteiger partial charge in [0.05, 0.1) is 15.8 Å². The number of amides is 1. The van der Waals surface area contributed by atoms with E-state index in [1.807, 2.05) is 24.3 Å². The van der Waals surface area contributed by atoms with Crippen molar-refractivity contribution in [3.63, 3.8) is 0 Å². The van der Waals surface area contributed by atoms with Gasteiger partial charge < -0.3 is 11.1 Å². The highest BCUT2D eigenvalue weighted by Crippen LogP contribution is 2.26. The van der Waals surface area contributed by atoms with E-state index in [2.05, 4.69) is 10.3 Å². The van der Waals surface area contributed by atoms with Crippen molar-refractivity contribution >= 4 is 45.9 Å². The Kier molecular flexibility index (Phi) is 4.42. The van der Waals surface area contributed by atoms with E-state index in [0.717, 1.165) is 21.1 Å². The van der Waals surface area contributed by atoms with Crippen LogP contribution in [0, 0.1) is 0 Å². The molecule has 0 saturated heterocycles. The lowest BCUT2D eigenvalue weighted by molar-refractivity contribution is 0.0955. The molecule has 0 radical (unpaired) electrons. The van der Waals surface area contributed by atoms with Crippen LogP contribution in [0.1, 0.15) is 14.5 Å². The minimum absolute atomic E-state index is 0.126. The molecular weight excluding hydrogens is 338 g/mol. The molecule has 7 heteroatoms. The Morgan fingerprint density at radius 3 is 2.64 bits per heavy atom. The molecular formula is C15H12ClN3OS2. The number of halogens is 1. The molecule has 1 aromatic carbocycles. The number of nitrogen functional groups attached to an aromatic ring is 1. The smallest absolute Gasteiger partial charge is 0.261 e. The lowest BCUT2D eigenvalue weighted by Crippen LogP contribution is -2.21. The van der Waals surface area contributed by atoms with Gasteiger partial charge in [-0.05, 0) is 36.4 Å². The summed E-state index contributed by atoms with van der Waals surface area (Å²) in [4.78, 5) is 17.9. The molecule has 3 aromatic rings. The summed E-state index contributed by atoms with van der Waals surface area (Å²) >= 11 is 8.63. The second kappa shape index (κ2) is 6.48. The minimum Gasteiger partial charge on any atom is -0.399 e. The maximum atomic E-state index is 12.0. The molecule has 3 N–H and O–H groups in total. The maximum Gasteiger partial charge on any atom is 0.261 e. The summed E-state index contributed by atoms with van der Waals surface area (Å²) in [7, 11) is 0. The van der Waals surface area contributed by atoms with Crippen LogP contribution in [0.25, 0.3) is 10.6 Å². The van der Waals surface area contributed by atoms with Gasteiger partial charge in [0.25, 0.3) is 5.91 Å². The largest absolute Gasteiger partial charge is 0.399 e. The first-order valence-electron chi connectivity index (χ1n) is 6.46. The first kappa shape index (κ1) is 15.0. The third-order valence-corrected chi connectivity index (χ3v) is 5.21. The van der Waals surface area contributed by atoms with E-state index in [0.29, 0.717) is 15.8 Å². The molecule has 2 aromatic heterocycles. The Hall–Kier alpha value is -1.89. The molecule has 22 heavy (non-hydrogen) atoms. The van der Waals surface area contributed by atoms with Crippen molar-refractivity contribution in [3.05, 3.63) is 56.7 Å². The van der Waals surface area contributed by atoms with Gasteiger partial charge in [0, 0.05) is 22.3 Å². The van der Waals surface area contributed by atoms with Gasteiger partial charge in [-0.2, -0.15) is 0 Å². The van der Waals surface area contributed by atoms with E-state index in [1.54, 1.807) is 29.7 Å². The average molecular weight is 350 g/mol. The summed E-state index contributed by atoms with van der Waals surface area (Å²) in [6.07, 6.45) is 1.78. The minimum atomic E-state index is -0.126. The quantitative estimate of drug-likeness (QED) is 0.698. The number of hydrogen-bond acceptors (Lipinski definition) is 5. The van der Waals surface area contributed by atoms with E-state index in [4.69, 9.17) is 17.3 Å². The van der Waals surface area contributed by atoms with Crippen LogP contribution in [0.4, 0.5) is 5.69 Å². The van der Waals surface area contributed by atoms with Gasteiger partial charge in [0.2, 0.25) is 0 Å². The molecule has 0 aliphatic carbocycles. The molecule has 4 nitrogen and oxygen atoms in total. The van der Waals surface area contributed by atoms with E-state index < -0.39 is 0 Å². The number of thiophene rings is 1. The number of anilines is 1. The molecule has 0 bridgehead atoms. The van der Waals surface area contributed by atoms with Crippen molar-refractivity contribution in [2.45, 2.75) is 6.54 Å². The highest BCUT2D eigenvalue weighted by Gasteiger charge is 2.10. The molecule has 0 unspecified atom stereocenters. The van der Waals surface area contributed by atoms with Gasteiger partial charge in [-0.1, -0.05) is 11.6 Å². The van der Waals surface area contributed by atoms with Crippen LogP contribution in [0.5, 0.6) is 0 Å². The van der Waals surface area contributed by atoms with Gasteiger partial charge in [0.1, 0.15) is 5.01 Å². The zero-order valence-electron chi connectivity index (χ0n) is 11.4. The van der Waals surface area contributed by atoms with E-state index in [-0.39, 0.29) is 5.91 Å². The first-order valence-corrected chi connectivity index (χ1v) is 8.47. The lowest BCUT2D eigenvalue weighted by Gasteiger charge is -2.00. The fourth-order valence-electron chi connectivity index (χ4n) is 1.84. The average Bonchev–Trinajstić information content (AvgIpc) is 3.15. The van der Waals surface area contributed by atoms with Crippen molar-refractivity contribution in [1.82, 2.24) is 10.3 Å². The van der Waals surface area contributed by atoms with E-state index in [9.17, 15) is 4.79 Å². The number of thiazole rings is 1.